The Morgan fingerprint density at radius 2 is 1.71 bits per heavy atom. The van der Waals surface area contributed by atoms with Crippen LogP contribution in [0.2, 0.25) is 0 Å². The van der Waals surface area contributed by atoms with Gasteiger partial charge in [-0.05, 0) is 61.0 Å². The highest BCUT2D eigenvalue weighted by Gasteiger charge is 2.18. The van der Waals surface area contributed by atoms with Gasteiger partial charge < -0.3 is 10.1 Å². The largest absolute Gasteiger partial charge is 0.494 e. The number of carbonyl (C=O) groups excluding carboxylic acids is 1. The maximum Gasteiger partial charge on any atom is 0.255 e. The Balaban J connectivity index is 1.77. The summed E-state index contributed by atoms with van der Waals surface area (Å²) in [6.45, 7) is 2.45. The number of sulfonamides is 1. The first-order chi connectivity index (χ1) is 14.8. The minimum atomic E-state index is -3.59. The number of rotatable bonds is 8. The summed E-state index contributed by atoms with van der Waals surface area (Å²) in [5.41, 5.74) is 2.01. The lowest BCUT2D eigenvalue weighted by Crippen LogP contribution is -2.29. The third kappa shape index (κ3) is 6.05. The van der Waals surface area contributed by atoms with Crippen LogP contribution in [0, 0.1) is 5.82 Å². The Kier molecular flexibility index (Phi) is 6.91. The van der Waals surface area contributed by atoms with Crippen LogP contribution in [0.5, 0.6) is 5.75 Å². The van der Waals surface area contributed by atoms with E-state index in [4.69, 9.17) is 4.74 Å². The van der Waals surface area contributed by atoms with Gasteiger partial charge in [0, 0.05) is 17.3 Å². The highest BCUT2D eigenvalue weighted by Crippen LogP contribution is 2.23. The third-order valence-electron chi connectivity index (χ3n) is 4.46. The lowest BCUT2D eigenvalue weighted by molar-refractivity contribution is 0.102. The van der Waals surface area contributed by atoms with Crippen molar-refractivity contribution in [3.63, 3.8) is 0 Å². The molecule has 0 fully saturated rings. The number of benzene rings is 3. The Labute approximate surface area is 181 Å². The van der Waals surface area contributed by atoms with Gasteiger partial charge in [-0.1, -0.05) is 18.2 Å². The maximum atomic E-state index is 13.1. The predicted octanol–water partition coefficient (Wildman–Crippen LogP) is 4.44. The Bertz CT molecular complexity index is 1150. The zero-order valence-electron chi connectivity index (χ0n) is 17.2. The summed E-state index contributed by atoms with van der Waals surface area (Å²) in [5, 5.41) is 2.79. The molecule has 31 heavy (non-hydrogen) atoms. The highest BCUT2D eigenvalue weighted by atomic mass is 32.2. The minimum absolute atomic E-state index is 0.0505. The van der Waals surface area contributed by atoms with Gasteiger partial charge in [-0.15, -0.1) is 0 Å². The molecule has 3 rings (SSSR count). The number of amides is 1. The number of ether oxygens (including phenoxy) is 1. The van der Waals surface area contributed by atoms with Crippen molar-refractivity contribution >= 4 is 27.3 Å². The molecule has 8 heteroatoms. The molecule has 0 saturated carbocycles. The maximum absolute atomic E-state index is 13.1. The molecule has 1 N–H and O–H groups in total. The smallest absolute Gasteiger partial charge is 0.255 e. The molecule has 0 aliphatic heterocycles. The molecule has 0 bridgehead atoms. The van der Waals surface area contributed by atoms with Gasteiger partial charge in [0.2, 0.25) is 10.0 Å². The second-order valence-corrected chi connectivity index (χ2v) is 8.76. The van der Waals surface area contributed by atoms with Crippen LogP contribution in [0.25, 0.3) is 0 Å². The number of carbonyl (C=O) groups is 1. The van der Waals surface area contributed by atoms with Crippen LogP contribution < -0.4 is 14.4 Å². The molecule has 1 amide bonds. The van der Waals surface area contributed by atoms with E-state index in [-0.39, 0.29) is 12.5 Å². The highest BCUT2D eigenvalue weighted by molar-refractivity contribution is 7.92. The topological polar surface area (TPSA) is 75.7 Å². The van der Waals surface area contributed by atoms with Gasteiger partial charge in [0.25, 0.3) is 5.91 Å². The molecule has 0 saturated heterocycles. The molecule has 0 radical (unpaired) electrons. The SMILES string of the molecule is CCOc1cccc(NC(=O)c2ccc(N(Cc3ccc(F)cc3)S(C)(=O)=O)cc2)c1. The first-order valence-electron chi connectivity index (χ1n) is 9.62. The van der Waals surface area contributed by atoms with E-state index in [1.165, 1.54) is 28.6 Å². The van der Waals surface area contributed by atoms with E-state index in [0.29, 0.717) is 34.9 Å². The Morgan fingerprint density at radius 1 is 1.03 bits per heavy atom. The molecule has 0 aromatic heterocycles. The monoisotopic (exact) mass is 442 g/mol. The molecular weight excluding hydrogens is 419 g/mol. The van der Waals surface area contributed by atoms with Crippen LogP contribution in [0.15, 0.2) is 72.8 Å². The first kappa shape index (κ1) is 22.3. The Hall–Kier alpha value is -3.39. The van der Waals surface area contributed by atoms with Crippen LogP contribution in [-0.4, -0.2) is 27.2 Å². The van der Waals surface area contributed by atoms with Crippen LogP contribution in [0.4, 0.5) is 15.8 Å². The van der Waals surface area contributed by atoms with Gasteiger partial charge in [0.05, 0.1) is 25.1 Å². The van der Waals surface area contributed by atoms with E-state index >= 15 is 0 Å². The van der Waals surface area contributed by atoms with Crippen molar-refractivity contribution in [2.24, 2.45) is 0 Å². The number of nitrogens with one attached hydrogen (secondary N) is 1. The van der Waals surface area contributed by atoms with Crippen molar-refractivity contribution in [3.05, 3.63) is 89.7 Å². The second-order valence-electron chi connectivity index (χ2n) is 6.86. The standard InChI is InChI=1S/C23H23FN2O4S/c1-3-30-22-6-4-5-20(15-22)25-23(27)18-9-13-21(14-10-18)26(31(2,28)29)16-17-7-11-19(24)12-8-17/h4-15H,3,16H2,1-2H3,(H,25,27). The van der Waals surface area contributed by atoms with Crippen molar-refractivity contribution in [2.45, 2.75) is 13.5 Å². The summed E-state index contributed by atoms with van der Waals surface area (Å²) >= 11 is 0. The summed E-state index contributed by atoms with van der Waals surface area (Å²) in [5.74, 6) is -0.0679. The quantitative estimate of drug-likeness (QED) is 0.560. The summed E-state index contributed by atoms with van der Waals surface area (Å²) in [6.07, 6.45) is 1.10. The number of hydrogen-bond donors (Lipinski definition) is 1. The van der Waals surface area contributed by atoms with E-state index in [1.54, 1.807) is 48.5 Å². The number of anilines is 2. The average molecular weight is 443 g/mol. The van der Waals surface area contributed by atoms with E-state index in [1.807, 2.05) is 6.92 Å². The molecule has 6 nitrogen and oxygen atoms in total. The zero-order valence-corrected chi connectivity index (χ0v) is 18.0. The third-order valence-corrected chi connectivity index (χ3v) is 5.60. The van der Waals surface area contributed by atoms with Crippen LogP contribution in [0.1, 0.15) is 22.8 Å². The number of halogens is 1. The van der Waals surface area contributed by atoms with E-state index < -0.39 is 15.8 Å². The fourth-order valence-corrected chi connectivity index (χ4v) is 3.86. The van der Waals surface area contributed by atoms with Gasteiger partial charge in [0.1, 0.15) is 11.6 Å². The number of hydrogen-bond acceptors (Lipinski definition) is 4. The molecule has 162 valence electrons. The van der Waals surface area contributed by atoms with Crippen molar-refractivity contribution in [2.75, 3.05) is 22.5 Å². The van der Waals surface area contributed by atoms with Crippen LogP contribution >= 0.6 is 0 Å². The fraction of sp³-hybridized carbons (Fsp3) is 0.174. The van der Waals surface area contributed by atoms with Gasteiger partial charge in [-0.2, -0.15) is 0 Å². The van der Waals surface area contributed by atoms with Crippen molar-refractivity contribution < 1.29 is 22.3 Å². The fourth-order valence-electron chi connectivity index (χ4n) is 2.97. The summed E-state index contributed by atoms with van der Waals surface area (Å²) in [4.78, 5) is 12.6. The summed E-state index contributed by atoms with van der Waals surface area (Å²) < 4.78 is 44.4. The van der Waals surface area contributed by atoms with Gasteiger partial charge in [-0.3, -0.25) is 9.10 Å². The summed E-state index contributed by atoms with van der Waals surface area (Å²) in [6, 6.07) is 18.9. The van der Waals surface area contributed by atoms with Gasteiger partial charge >= 0.3 is 0 Å². The van der Waals surface area contributed by atoms with E-state index in [9.17, 15) is 17.6 Å². The van der Waals surface area contributed by atoms with Crippen molar-refractivity contribution in [1.82, 2.24) is 0 Å². The normalized spacial score (nSPS) is 11.1. The molecule has 0 unspecified atom stereocenters. The van der Waals surface area contributed by atoms with Crippen molar-refractivity contribution in [3.8, 4) is 5.75 Å². The van der Waals surface area contributed by atoms with E-state index in [0.717, 1.165) is 6.26 Å². The molecule has 3 aromatic carbocycles. The molecular formula is C23H23FN2O4S. The molecule has 0 aliphatic carbocycles. The predicted molar refractivity (Wildman–Crippen MR) is 119 cm³/mol. The summed E-state index contributed by atoms with van der Waals surface area (Å²) in [7, 11) is -3.59. The Morgan fingerprint density at radius 3 is 2.32 bits per heavy atom. The van der Waals surface area contributed by atoms with Gasteiger partial charge in [-0.25, -0.2) is 12.8 Å². The van der Waals surface area contributed by atoms with Crippen LogP contribution in [-0.2, 0) is 16.6 Å². The van der Waals surface area contributed by atoms with Crippen LogP contribution in [0.3, 0.4) is 0 Å². The second kappa shape index (κ2) is 9.61. The molecule has 0 spiro atoms. The number of nitrogens with zero attached hydrogens (tertiary/aromatic N) is 1. The molecule has 0 aliphatic rings. The minimum Gasteiger partial charge on any atom is -0.494 e. The lowest BCUT2D eigenvalue weighted by atomic mass is 10.1. The van der Waals surface area contributed by atoms with Crippen molar-refractivity contribution in [1.29, 1.82) is 0 Å². The zero-order chi connectivity index (χ0) is 22.4. The van der Waals surface area contributed by atoms with E-state index in [2.05, 4.69) is 5.32 Å². The average Bonchev–Trinajstić information content (AvgIpc) is 2.73. The molecule has 0 heterocycles. The first-order valence-corrected chi connectivity index (χ1v) is 11.5. The molecule has 3 aromatic rings. The lowest BCUT2D eigenvalue weighted by Gasteiger charge is -2.22. The van der Waals surface area contributed by atoms with Gasteiger partial charge in [0.15, 0.2) is 0 Å². The molecule has 0 atom stereocenters.